The van der Waals surface area contributed by atoms with Gasteiger partial charge in [0.05, 0.1) is 0 Å². The van der Waals surface area contributed by atoms with Gasteiger partial charge in [-0.2, -0.15) is 0 Å². The predicted molar refractivity (Wildman–Crippen MR) is 71.5 cm³/mol. The normalized spacial score (nSPS) is 18.7. The molecule has 1 unspecified atom stereocenters. The van der Waals surface area contributed by atoms with Crippen LogP contribution in [0.15, 0.2) is 0 Å². The van der Waals surface area contributed by atoms with Crippen molar-refractivity contribution in [2.45, 2.75) is 39.7 Å². The SMILES string of the molecule is CCNCC1CCc2nc(COC)nc(C)c2C1. The summed E-state index contributed by atoms with van der Waals surface area (Å²) in [5, 5.41) is 3.44. The lowest BCUT2D eigenvalue weighted by Gasteiger charge is -2.25. The highest BCUT2D eigenvalue weighted by molar-refractivity contribution is 5.28. The molecule has 0 aromatic carbocycles. The number of nitrogens with zero attached hydrogens (tertiary/aromatic N) is 2. The maximum absolute atomic E-state index is 5.11. The summed E-state index contributed by atoms with van der Waals surface area (Å²) in [5.41, 5.74) is 3.74. The third-order valence-corrected chi connectivity index (χ3v) is 3.58. The van der Waals surface area contributed by atoms with E-state index in [0.29, 0.717) is 6.61 Å². The van der Waals surface area contributed by atoms with Crippen LogP contribution < -0.4 is 5.32 Å². The predicted octanol–water partition coefficient (Wildman–Crippen LogP) is 1.65. The molecule has 0 aliphatic heterocycles. The lowest BCUT2D eigenvalue weighted by atomic mass is 9.85. The summed E-state index contributed by atoms with van der Waals surface area (Å²) in [7, 11) is 1.69. The maximum Gasteiger partial charge on any atom is 0.154 e. The summed E-state index contributed by atoms with van der Waals surface area (Å²) in [4.78, 5) is 9.16. The molecule has 0 radical (unpaired) electrons. The van der Waals surface area contributed by atoms with Gasteiger partial charge in [0, 0.05) is 18.5 Å². The van der Waals surface area contributed by atoms with Crippen LogP contribution in [-0.4, -0.2) is 30.2 Å². The zero-order valence-corrected chi connectivity index (χ0v) is 11.6. The second-order valence-corrected chi connectivity index (χ2v) is 5.00. The molecule has 0 saturated heterocycles. The van der Waals surface area contributed by atoms with Crippen molar-refractivity contribution in [1.82, 2.24) is 15.3 Å². The highest BCUT2D eigenvalue weighted by atomic mass is 16.5. The minimum atomic E-state index is 0.509. The van der Waals surface area contributed by atoms with E-state index in [4.69, 9.17) is 4.74 Å². The van der Waals surface area contributed by atoms with Crippen LogP contribution in [-0.2, 0) is 24.2 Å². The molecule has 18 heavy (non-hydrogen) atoms. The van der Waals surface area contributed by atoms with Gasteiger partial charge in [0.15, 0.2) is 5.82 Å². The summed E-state index contributed by atoms with van der Waals surface area (Å²) in [5.74, 6) is 1.55. The Kier molecular flexibility index (Phi) is 4.66. The number of hydrogen-bond acceptors (Lipinski definition) is 4. The van der Waals surface area contributed by atoms with E-state index in [1.165, 1.54) is 17.7 Å². The lowest BCUT2D eigenvalue weighted by Crippen LogP contribution is -2.28. The molecule has 0 saturated carbocycles. The summed E-state index contributed by atoms with van der Waals surface area (Å²) in [6, 6.07) is 0. The molecule has 100 valence electrons. The first-order valence-corrected chi connectivity index (χ1v) is 6.79. The molecular weight excluding hydrogens is 226 g/mol. The zero-order chi connectivity index (χ0) is 13.0. The molecule has 1 aromatic rings. The van der Waals surface area contributed by atoms with Crippen molar-refractivity contribution in [2.24, 2.45) is 5.92 Å². The number of nitrogens with one attached hydrogen (secondary N) is 1. The van der Waals surface area contributed by atoms with Gasteiger partial charge in [-0.3, -0.25) is 0 Å². The lowest BCUT2D eigenvalue weighted by molar-refractivity contribution is 0.177. The molecule has 1 aliphatic rings. The summed E-state index contributed by atoms with van der Waals surface area (Å²) >= 11 is 0. The minimum absolute atomic E-state index is 0.509. The molecule has 0 bridgehead atoms. The number of hydrogen-bond donors (Lipinski definition) is 1. The number of aromatic nitrogens is 2. The Bertz CT molecular complexity index is 406. The molecule has 4 heteroatoms. The monoisotopic (exact) mass is 249 g/mol. The topological polar surface area (TPSA) is 47.0 Å². The van der Waals surface area contributed by atoms with Gasteiger partial charge in [0.25, 0.3) is 0 Å². The smallest absolute Gasteiger partial charge is 0.154 e. The van der Waals surface area contributed by atoms with E-state index in [-0.39, 0.29) is 0 Å². The second-order valence-electron chi connectivity index (χ2n) is 5.00. The van der Waals surface area contributed by atoms with Crippen molar-refractivity contribution in [2.75, 3.05) is 20.2 Å². The van der Waals surface area contributed by atoms with E-state index in [2.05, 4.69) is 29.1 Å². The Morgan fingerprint density at radius 1 is 1.39 bits per heavy atom. The number of methoxy groups -OCH3 is 1. The molecule has 1 aromatic heterocycles. The zero-order valence-electron chi connectivity index (χ0n) is 11.6. The van der Waals surface area contributed by atoms with Gasteiger partial charge < -0.3 is 10.1 Å². The Balaban J connectivity index is 2.12. The van der Waals surface area contributed by atoms with Gasteiger partial charge in [-0.25, -0.2) is 9.97 Å². The van der Waals surface area contributed by atoms with E-state index in [9.17, 15) is 0 Å². The third kappa shape index (κ3) is 3.06. The van der Waals surface area contributed by atoms with Gasteiger partial charge in [-0.05, 0) is 50.8 Å². The first-order chi connectivity index (χ1) is 8.74. The third-order valence-electron chi connectivity index (χ3n) is 3.58. The van der Waals surface area contributed by atoms with Crippen LogP contribution >= 0.6 is 0 Å². The van der Waals surface area contributed by atoms with Crippen LogP contribution in [0.5, 0.6) is 0 Å². The van der Waals surface area contributed by atoms with E-state index < -0.39 is 0 Å². The summed E-state index contributed by atoms with van der Waals surface area (Å²) < 4.78 is 5.11. The van der Waals surface area contributed by atoms with Gasteiger partial charge in [0.1, 0.15) is 6.61 Å². The van der Waals surface area contributed by atoms with Gasteiger partial charge >= 0.3 is 0 Å². The van der Waals surface area contributed by atoms with E-state index >= 15 is 0 Å². The molecule has 4 nitrogen and oxygen atoms in total. The standard InChI is InChI=1S/C14H23N3O/c1-4-15-8-11-5-6-13-12(7-11)10(2)16-14(17-13)9-18-3/h11,15H,4-9H2,1-3H3. The Labute approximate surface area is 109 Å². The molecule has 1 N–H and O–H groups in total. The van der Waals surface area contributed by atoms with Crippen molar-refractivity contribution in [1.29, 1.82) is 0 Å². The van der Waals surface area contributed by atoms with Crippen LogP contribution in [0.4, 0.5) is 0 Å². The molecule has 0 fully saturated rings. The van der Waals surface area contributed by atoms with Crippen LogP contribution in [0.3, 0.4) is 0 Å². The van der Waals surface area contributed by atoms with E-state index in [0.717, 1.165) is 43.4 Å². The van der Waals surface area contributed by atoms with Crippen molar-refractivity contribution >= 4 is 0 Å². The number of fused-ring (bicyclic) bond motifs is 1. The quantitative estimate of drug-likeness (QED) is 0.862. The summed E-state index contributed by atoms with van der Waals surface area (Å²) in [6.07, 6.45) is 3.41. The Morgan fingerprint density at radius 2 is 2.22 bits per heavy atom. The molecule has 2 rings (SSSR count). The fraction of sp³-hybridized carbons (Fsp3) is 0.714. The number of aryl methyl sites for hydroxylation is 2. The second kappa shape index (κ2) is 6.25. The van der Waals surface area contributed by atoms with Crippen LogP contribution in [0.1, 0.15) is 36.1 Å². The van der Waals surface area contributed by atoms with Crippen LogP contribution in [0, 0.1) is 12.8 Å². The molecule has 0 amide bonds. The molecule has 1 heterocycles. The maximum atomic E-state index is 5.11. The fourth-order valence-electron chi connectivity index (χ4n) is 2.64. The van der Waals surface area contributed by atoms with Gasteiger partial charge in [-0.15, -0.1) is 0 Å². The highest BCUT2D eigenvalue weighted by Gasteiger charge is 2.22. The number of ether oxygens (including phenoxy) is 1. The Morgan fingerprint density at radius 3 is 2.94 bits per heavy atom. The molecule has 1 atom stereocenters. The van der Waals surface area contributed by atoms with Crippen molar-refractivity contribution < 1.29 is 4.74 Å². The molecule has 1 aliphatic carbocycles. The first-order valence-electron chi connectivity index (χ1n) is 6.79. The fourth-order valence-corrected chi connectivity index (χ4v) is 2.64. The average Bonchev–Trinajstić information content (AvgIpc) is 2.37. The summed E-state index contributed by atoms with van der Waals surface area (Å²) in [6.45, 7) is 6.91. The van der Waals surface area contributed by atoms with Gasteiger partial charge in [0.2, 0.25) is 0 Å². The van der Waals surface area contributed by atoms with Crippen molar-refractivity contribution in [3.8, 4) is 0 Å². The van der Waals surface area contributed by atoms with Crippen molar-refractivity contribution in [3.63, 3.8) is 0 Å². The molecule has 0 spiro atoms. The number of rotatable bonds is 5. The van der Waals surface area contributed by atoms with Crippen molar-refractivity contribution in [3.05, 3.63) is 22.8 Å². The first kappa shape index (κ1) is 13.4. The average molecular weight is 249 g/mol. The minimum Gasteiger partial charge on any atom is -0.377 e. The van der Waals surface area contributed by atoms with Gasteiger partial charge in [-0.1, -0.05) is 6.92 Å². The van der Waals surface area contributed by atoms with Crippen LogP contribution in [0.2, 0.25) is 0 Å². The molecular formula is C14H23N3O. The van der Waals surface area contributed by atoms with E-state index in [1.807, 2.05) is 0 Å². The Hall–Kier alpha value is -1.00. The van der Waals surface area contributed by atoms with E-state index in [1.54, 1.807) is 7.11 Å². The highest BCUT2D eigenvalue weighted by Crippen LogP contribution is 2.25. The van der Waals surface area contributed by atoms with Crippen LogP contribution in [0.25, 0.3) is 0 Å². The largest absolute Gasteiger partial charge is 0.377 e.